The number of thioether (sulfide) groups is 1. The molecule has 1 atom stereocenters. The topological polar surface area (TPSA) is 20.2 Å². The first-order valence-corrected chi connectivity index (χ1v) is 6.45. The van der Waals surface area contributed by atoms with Crippen molar-refractivity contribution < 1.29 is 5.11 Å². The molecule has 0 aliphatic carbocycles. The second-order valence-electron chi connectivity index (χ2n) is 3.03. The average molecular weight is 228 g/mol. The summed E-state index contributed by atoms with van der Waals surface area (Å²) in [4.78, 5) is 0. The van der Waals surface area contributed by atoms with Crippen molar-refractivity contribution in [2.45, 2.75) is 11.7 Å². The Hall–Kier alpha value is -0.120. The molecule has 1 rings (SSSR count). The van der Waals surface area contributed by atoms with Crippen molar-refractivity contribution in [2.75, 3.05) is 18.1 Å². The Balaban J connectivity index is 2.46. The van der Waals surface area contributed by atoms with E-state index < -0.39 is 0 Å². The summed E-state index contributed by atoms with van der Waals surface area (Å²) in [5.74, 6) is 1.98. The van der Waals surface area contributed by atoms with Gasteiger partial charge < -0.3 is 5.11 Å². The Morgan fingerprint density at radius 2 is 2.00 bits per heavy atom. The Bertz CT molecular complexity index is 238. The lowest BCUT2D eigenvalue weighted by molar-refractivity contribution is 0.296. The zero-order chi connectivity index (χ0) is 10.2. The van der Waals surface area contributed by atoms with Crippen LogP contribution in [-0.4, -0.2) is 23.2 Å². The molecule has 1 aromatic carbocycles. The molecule has 1 nitrogen and oxygen atoms in total. The van der Waals surface area contributed by atoms with Crippen LogP contribution in [0.25, 0.3) is 0 Å². The van der Waals surface area contributed by atoms with Gasteiger partial charge in [-0.2, -0.15) is 24.4 Å². The van der Waals surface area contributed by atoms with Gasteiger partial charge in [-0.1, -0.05) is 30.3 Å². The molecule has 1 aromatic rings. The second-order valence-corrected chi connectivity index (χ2v) is 4.79. The van der Waals surface area contributed by atoms with Gasteiger partial charge in [0.25, 0.3) is 0 Å². The van der Waals surface area contributed by atoms with Crippen molar-refractivity contribution in [3.63, 3.8) is 0 Å². The molecule has 0 saturated carbocycles. The number of hydrogen-bond donors (Lipinski definition) is 2. The monoisotopic (exact) mass is 228 g/mol. The zero-order valence-electron chi connectivity index (χ0n) is 8.10. The molecule has 0 aliphatic rings. The molecule has 1 unspecified atom stereocenters. The summed E-state index contributed by atoms with van der Waals surface area (Å²) in [6, 6.07) is 10.1. The maximum Gasteiger partial charge on any atom is 0.0591 e. The van der Waals surface area contributed by atoms with E-state index in [-0.39, 0.29) is 11.9 Å². The van der Waals surface area contributed by atoms with E-state index in [0.29, 0.717) is 0 Å². The number of aliphatic hydroxyl groups is 1. The summed E-state index contributed by atoms with van der Waals surface area (Å²) in [7, 11) is 0. The minimum Gasteiger partial charge on any atom is -0.395 e. The summed E-state index contributed by atoms with van der Waals surface area (Å²) < 4.78 is 0. The van der Waals surface area contributed by atoms with Crippen LogP contribution >= 0.6 is 24.4 Å². The molecule has 1 N–H and O–H groups in total. The molecule has 0 radical (unpaired) electrons. The number of hydrogen-bond acceptors (Lipinski definition) is 3. The van der Waals surface area contributed by atoms with Gasteiger partial charge in [0.05, 0.1) is 11.9 Å². The standard InChI is InChI=1S/C11H16OS2/c12-9-11(14-8-4-7-13)10-5-2-1-3-6-10/h1-3,5-6,11-13H,4,7-9H2. The van der Waals surface area contributed by atoms with Crippen LogP contribution in [0.2, 0.25) is 0 Å². The lowest BCUT2D eigenvalue weighted by Gasteiger charge is -2.13. The molecule has 0 bridgehead atoms. The van der Waals surface area contributed by atoms with E-state index in [1.54, 1.807) is 11.8 Å². The smallest absolute Gasteiger partial charge is 0.0591 e. The second kappa shape index (κ2) is 7.21. The van der Waals surface area contributed by atoms with Crippen LogP contribution in [0.5, 0.6) is 0 Å². The van der Waals surface area contributed by atoms with Gasteiger partial charge in [0, 0.05) is 0 Å². The van der Waals surface area contributed by atoms with Gasteiger partial charge in [0.1, 0.15) is 0 Å². The first kappa shape index (κ1) is 12.0. The highest BCUT2D eigenvalue weighted by Crippen LogP contribution is 2.28. The number of benzene rings is 1. The van der Waals surface area contributed by atoms with Crippen molar-refractivity contribution in [3.05, 3.63) is 35.9 Å². The number of rotatable bonds is 6. The molecule has 0 heterocycles. The van der Waals surface area contributed by atoms with Crippen LogP contribution in [0.3, 0.4) is 0 Å². The Morgan fingerprint density at radius 1 is 1.29 bits per heavy atom. The third-order valence-electron chi connectivity index (χ3n) is 1.96. The minimum absolute atomic E-state index is 0.210. The summed E-state index contributed by atoms with van der Waals surface area (Å²) >= 11 is 5.96. The lowest BCUT2D eigenvalue weighted by atomic mass is 10.2. The molecule has 14 heavy (non-hydrogen) atoms. The highest BCUT2D eigenvalue weighted by Gasteiger charge is 2.09. The molecule has 0 saturated heterocycles. The van der Waals surface area contributed by atoms with E-state index in [1.165, 1.54) is 5.56 Å². The lowest BCUT2D eigenvalue weighted by Crippen LogP contribution is -2.00. The summed E-state index contributed by atoms with van der Waals surface area (Å²) in [5, 5.41) is 9.46. The van der Waals surface area contributed by atoms with Gasteiger partial charge in [0.2, 0.25) is 0 Å². The first-order chi connectivity index (χ1) is 6.88. The highest BCUT2D eigenvalue weighted by molar-refractivity contribution is 7.99. The van der Waals surface area contributed by atoms with E-state index >= 15 is 0 Å². The molecule has 0 fully saturated rings. The van der Waals surface area contributed by atoms with Crippen molar-refractivity contribution in [3.8, 4) is 0 Å². The fourth-order valence-corrected chi connectivity index (χ4v) is 2.63. The normalized spacial score (nSPS) is 12.7. The molecule has 0 aromatic heterocycles. The molecular formula is C11H16OS2. The summed E-state index contributed by atoms with van der Waals surface area (Å²) in [6.45, 7) is 0.210. The van der Waals surface area contributed by atoms with E-state index in [4.69, 9.17) is 0 Å². The fourth-order valence-electron chi connectivity index (χ4n) is 1.21. The highest BCUT2D eigenvalue weighted by atomic mass is 32.2. The van der Waals surface area contributed by atoms with Crippen LogP contribution < -0.4 is 0 Å². The maximum atomic E-state index is 9.24. The first-order valence-electron chi connectivity index (χ1n) is 4.76. The average Bonchev–Trinajstić information content (AvgIpc) is 2.26. The van der Waals surface area contributed by atoms with Crippen molar-refractivity contribution in [1.82, 2.24) is 0 Å². The Morgan fingerprint density at radius 3 is 2.57 bits per heavy atom. The molecule has 0 amide bonds. The molecule has 3 heteroatoms. The van der Waals surface area contributed by atoms with E-state index in [9.17, 15) is 5.11 Å². The van der Waals surface area contributed by atoms with Gasteiger partial charge >= 0.3 is 0 Å². The van der Waals surface area contributed by atoms with Crippen molar-refractivity contribution in [1.29, 1.82) is 0 Å². The third kappa shape index (κ3) is 3.95. The van der Waals surface area contributed by atoms with E-state index in [2.05, 4.69) is 24.8 Å². The SMILES string of the molecule is OCC(SCCCS)c1ccccc1. The summed E-state index contributed by atoms with van der Waals surface area (Å²) in [5.41, 5.74) is 1.21. The van der Waals surface area contributed by atoms with Gasteiger partial charge in [-0.25, -0.2) is 0 Å². The predicted molar refractivity (Wildman–Crippen MR) is 67.2 cm³/mol. The van der Waals surface area contributed by atoms with Gasteiger partial charge in [0.15, 0.2) is 0 Å². The van der Waals surface area contributed by atoms with Crippen LogP contribution in [0.4, 0.5) is 0 Å². The van der Waals surface area contributed by atoms with Crippen LogP contribution in [-0.2, 0) is 0 Å². The molecule has 0 aliphatic heterocycles. The Kier molecular flexibility index (Phi) is 6.15. The zero-order valence-corrected chi connectivity index (χ0v) is 9.81. The quantitative estimate of drug-likeness (QED) is 0.577. The van der Waals surface area contributed by atoms with Crippen molar-refractivity contribution in [2.24, 2.45) is 0 Å². The van der Waals surface area contributed by atoms with Gasteiger partial charge in [-0.15, -0.1) is 0 Å². The van der Waals surface area contributed by atoms with Gasteiger partial charge in [-0.05, 0) is 23.5 Å². The number of thiol groups is 1. The largest absolute Gasteiger partial charge is 0.395 e. The van der Waals surface area contributed by atoms with Crippen LogP contribution in [0.15, 0.2) is 30.3 Å². The van der Waals surface area contributed by atoms with Crippen molar-refractivity contribution >= 4 is 24.4 Å². The predicted octanol–water partition coefficient (Wildman–Crippen LogP) is 2.77. The minimum atomic E-state index is 0.210. The maximum absolute atomic E-state index is 9.24. The van der Waals surface area contributed by atoms with E-state index in [1.807, 2.05) is 18.2 Å². The van der Waals surface area contributed by atoms with Crippen LogP contribution in [0, 0.1) is 0 Å². The fraction of sp³-hybridized carbons (Fsp3) is 0.455. The number of aliphatic hydroxyl groups excluding tert-OH is 1. The molecular weight excluding hydrogens is 212 g/mol. The Labute approximate surface area is 95.3 Å². The third-order valence-corrected chi connectivity index (χ3v) is 3.62. The van der Waals surface area contributed by atoms with Crippen LogP contribution in [0.1, 0.15) is 17.2 Å². The van der Waals surface area contributed by atoms with E-state index in [0.717, 1.165) is 17.9 Å². The molecule has 78 valence electrons. The van der Waals surface area contributed by atoms with Gasteiger partial charge in [-0.3, -0.25) is 0 Å². The molecule has 0 spiro atoms. The summed E-state index contributed by atoms with van der Waals surface area (Å²) in [6.07, 6.45) is 1.09.